The molecule has 0 radical (unpaired) electrons. The summed E-state index contributed by atoms with van der Waals surface area (Å²) in [6, 6.07) is 15.9. The Kier molecular flexibility index (Phi) is 6.17. The highest BCUT2D eigenvalue weighted by Crippen LogP contribution is 2.35. The lowest BCUT2D eigenvalue weighted by Gasteiger charge is -2.36. The summed E-state index contributed by atoms with van der Waals surface area (Å²) >= 11 is 1.63. The maximum atomic E-state index is 9.35. The van der Waals surface area contributed by atoms with Crippen molar-refractivity contribution < 1.29 is 9.47 Å². The van der Waals surface area contributed by atoms with Crippen LogP contribution >= 0.6 is 11.3 Å². The molecule has 0 aliphatic carbocycles. The number of methoxy groups -OCH3 is 2. The molecule has 0 bridgehead atoms. The monoisotopic (exact) mass is 420 g/mol. The number of benzene rings is 2. The molecule has 0 saturated carbocycles. The van der Waals surface area contributed by atoms with Crippen LogP contribution in [0.4, 0.5) is 5.69 Å². The van der Waals surface area contributed by atoms with Crippen molar-refractivity contribution in [2.75, 3.05) is 45.3 Å². The van der Waals surface area contributed by atoms with Crippen LogP contribution in [0.1, 0.15) is 11.3 Å². The molecular weight excluding hydrogens is 396 g/mol. The van der Waals surface area contributed by atoms with Crippen LogP contribution in [0, 0.1) is 11.3 Å². The summed E-state index contributed by atoms with van der Waals surface area (Å²) in [5.41, 5.74) is 3.82. The minimum absolute atomic E-state index is 0.739. The van der Waals surface area contributed by atoms with Crippen molar-refractivity contribution in [3.05, 3.63) is 59.1 Å². The molecule has 154 valence electrons. The first-order valence-corrected chi connectivity index (χ1v) is 10.7. The molecule has 0 spiro atoms. The van der Waals surface area contributed by atoms with Crippen LogP contribution in [-0.4, -0.2) is 50.3 Å². The number of para-hydroxylation sites is 1. The zero-order valence-corrected chi connectivity index (χ0v) is 18.0. The number of hydrogen-bond donors (Lipinski definition) is 0. The van der Waals surface area contributed by atoms with Gasteiger partial charge in [0.15, 0.2) is 0 Å². The largest absolute Gasteiger partial charge is 0.497 e. The molecule has 0 N–H and O–H groups in total. The Hall–Kier alpha value is -3.08. The summed E-state index contributed by atoms with van der Waals surface area (Å²) in [4.78, 5) is 9.55. The molecule has 7 heteroatoms. The van der Waals surface area contributed by atoms with E-state index in [0.717, 1.165) is 71.7 Å². The summed E-state index contributed by atoms with van der Waals surface area (Å²) in [5.74, 6) is 1.53. The van der Waals surface area contributed by atoms with Gasteiger partial charge >= 0.3 is 0 Å². The maximum absolute atomic E-state index is 9.35. The number of aromatic nitrogens is 1. The Morgan fingerprint density at radius 3 is 2.60 bits per heavy atom. The third-order valence-electron chi connectivity index (χ3n) is 5.31. The number of nitrogens with zero attached hydrogens (tertiary/aromatic N) is 4. The smallest absolute Gasteiger partial charge is 0.132 e. The van der Waals surface area contributed by atoms with Gasteiger partial charge in [0, 0.05) is 44.2 Å². The lowest BCUT2D eigenvalue weighted by Crippen LogP contribution is -2.46. The van der Waals surface area contributed by atoms with Crippen LogP contribution in [0.15, 0.2) is 47.8 Å². The molecular formula is C23H24N4O2S. The fraction of sp³-hybridized carbons (Fsp3) is 0.304. The molecule has 3 aromatic rings. The quantitative estimate of drug-likeness (QED) is 0.600. The molecule has 0 unspecified atom stereocenters. The molecule has 4 rings (SSSR count). The fourth-order valence-corrected chi connectivity index (χ4v) is 4.54. The first-order chi connectivity index (χ1) is 14.7. The summed E-state index contributed by atoms with van der Waals surface area (Å²) in [7, 11) is 3.31. The molecule has 1 aliphatic rings. The van der Waals surface area contributed by atoms with E-state index in [0.29, 0.717) is 0 Å². The van der Waals surface area contributed by atoms with Crippen LogP contribution in [0.25, 0.3) is 10.6 Å². The van der Waals surface area contributed by atoms with Crippen molar-refractivity contribution in [2.24, 2.45) is 0 Å². The number of ether oxygens (including phenoxy) is 2. The van der Waals surface area contributed by atoms with Gasteiger partial charge in [-0.2, -0.15) is 5.26 Å². The molecule has 1 fully saturated rings. The van der Waals surface area contributed by atoms with E-state index >= 15 is 0 Å². The second-order valence-electron chi connectivity index (χ2n) is 7.10. The normalized spacial score (nSPS) is 14.4. The molecule has 2 aromatic carbocycles. The Balaban J connectivity index is 1.40. The second-order valence-corrected chi connectivity index (χ2v) is 7.96. The third-order valence-corrected chi connectivity index (χ3v) is 6.24. The van der Waals surface area contributed by atoms with Crippen molar-refractivity contribution in [3.8, 4) is 28.1 Å². The third kappa shape index (κ3) is 4.25. The summed E-state index contributed by atoms with van der Waals surface area (Å²) in [5, 5.41) is 12.4. The number of piperazine rings is 1. The van der Waals surface area contributed by atoms with Crippen molar-refractivity contribution in [1.82, 2.24) is 9.88 Å². The van der Waals surface area contributed by atoms with Gasteiger partial charge in [0.1, 0.15) is 22.6 Å². The van der Waals surface area contributed by atoms with Gasteiger partial charge in [0.2, 0.25) is 0 Å². The van der Waals surface area contributed by atoms with Gasteiger partial charge in [-0.05, 0) is 24.3 Å². The van der Waals surface area contributed by atoms with Gasteiger partial charge in [-0.3, -0.25) is 4.90 Å². The van der Waals surface area contributed by atoms with Crippen LogP contribution < -0.4 is 14.4 Å². The number of anilines is 1. The zero-order chi connectivity index (χ0) is 20.9. The molecule has 1 aromatic heterocycles. The van der Waals surface area contributed by atoms with E-state index in [-0.39, 0.29) is 0 Å². The number of hydrogen-bond acceptors (Lipinski definition) is 7. The Morgan fingerprint density at radius 2 is 1.87 bits per heavy atom. The van der Waals surface area contributed by atoms with E-state index in [2.05, 4.69) is 21.2 Å². The summed E-state index contributed by atoms with van der Waals surface area (Å²) in [6.45, 7) is 4.52. The van der Waals surface area contributed by atoms with Crippen molar-refractivity contribution >= 4 is 17.0 Å². The van der Waals surface area contributed by atoms with E-state index in [1.54, 1.807) is 25.6 Å². The highest BCUT2D eigenvalue weighted by molar-refractivity contribution is 7.13. The lowest BCUT2D eigenvalue weighted by atomic mass is 10.1. The zero-order valence-electron chi connectivity index (χ0n) is 17.2. The van der Waals surface area contributed by atoms with E-state index in [1.165, 1.54) is 0 Å². The second kappa shape index (κ2) is 9.16. The van der Waals surface area contributed by atoms with Crippen LogP contribution in [0.2, 0.25) is 0 Å². The molecule has 2 heterocycles. The Bertz CT molecular complexity index is 1050. The predicted octanol–water partition coefficient (Wildman–Crippen LogP) is 4.02. The maximum Gasteiger partial charge on any atom is 0.132 e. The van der Waals surface area contributed by atoms with E-state index in [1.807, 2.05) is 42.5 Å². The van der Waals surface area contributed by atoms with Gasteiger partial charge in [-0.25, -0.2) is 4.98 Å². The minimum Gasteiger partial charge on any atom is -0.497 e. The van der Waals surface area contributed by atoms with Crippen LogP contribution in [0.5, 0.6) is 11.5 Å². The molecule has 1 aliphatic heterocycles. The Morgan fingerprint density at radius 1 is 1.07 bits per heavy atom. The topological polar surface area (TPSA) is 61.6 Å². The first-order valence-electron chi connectivity index (χ1n) is 9.85. The van der Waals surface area contributed by atoms with Crippen LogP contribution in [0.3, 0.4) is 0 Å². The lowest BCUT2D eigenvalue weighted by molar-refractivity contribution is 0.247. The number of nitriles is 1. The molecule has 1 saturated heterocycles. The van der Waals surface area contributed by atoms with Gasteiger partial charge < -0.3 is 14.4 Å². The molecule has 0 amide bonds. The summed E-state index contributed by atoms with van der Waals surface area (Å²) < 4.78 is 10.8. The van der Waals surface area contributed by atoms with Gasteiger partial charge in [-0.1, -0.05) is 12.1 Å². The first kappa shape index (κ1) is 20.2. The summed E-state index contributed by atoms with van der Waals surface area (Å²) in [6.07, 6.45) is 0. The highest BCUT2D eigenvalue weighted by atomic mass is 32.1. The van der Waals surface area contributed by atoms with Crippen molar-refractivity contribution in [1.29, 1.82) is 5.26 Å². The average Bonchev–Trinajstić information content (AvgIpc) is 3.27. The van der Waals surface area contributed by atoms with Gasteiger partial charge in [0.25, 0.3) is 0 Å². The number of thiazole rings is 1. The standard InChI is InChI=1S/C23H24N4O2S/c1-28-19-7-8-20(22(13-19)29-2)23-25-18(16-30-23)15-26-9-11-27(12-10-26)21-6-4-3-5-17(21)14-24/h3-8,13,16H,9-12,15H2,1-2H3. The molecule has 30 heavy (non-hydrogen) atoms. The van der Waals surface area contributed by atoms with E-state index < -0.39 is 0 Å². The molecule has 6 nitrogen and oxygen atoms in total. The van der Waals surface area contributed by atoms with E-state index in [4.69, 9.17) is 14.5 Å². The van der Waals surface area contributed by atoms with Crippen LogP contribution in [-0.2, 0) is 6.54 Å². The molecule has 0 atom stereocenters. The van der Waals surface area contributed by atoms with Crippen molar-refractivity contribution in [3.63, 3.8) is 0 Å². The minimum atomic E-state index is 0.739. The highest BCUT2D eigenvalue weighted by Gasteiger charge is 2.20. The van der Waals surface area contributed by atoms with E-state index in [9.17, 15) is 5.26 Å². The van der Waals surface area contributed by atoms with Gasteiger partial charge in [0.05, 0.1) is 36.7 Å². The SMILES string of the molecule is COc1ccc(-c2nc(CN3CCN(c4ccccc4C#N)CC3)cs2)c(OC)c1. The van der Waals surface area contributed by atoms with Crippen molar-refractivity contribution in [2.45, 2.75) is 6.54 Å². The Labute approximate surface area is 180 Å². The predicted molar refractivity (Wildman–Crippen MR) is 119 cm³/mol. The van der Waals surface area contributed by atoms with Gasteiger partial charge in [-0.15, -0.1) is 11.3 Å². The average molecular weight is 421 g/mol. The fourth-order valence-electron chi connectivity index (χ4n) is 3.70. The number of rotatable bonds is 6.